The van der Waals surface area contributed by atoms with Gasteiger partial charge in [-0.2, -0.15) is 0 Å². The van der Waals surface area contributed by atoms with Crippen LogP contribution in [0.15, 0.2) is 0 Å². The molecule has 0 aromatic rings. The Morgan fingerprint density at radius 3 is 2.45 bits per heavy atom. The van der Waals surface area contributed by atoms with E-state index in [2.05, 4.69) is 20.8 Å². The molecule has 2 saturated carbocycles. The highest BCUT2D eigenvalue weighted by Gasteiger charge is 2.57. The fraction of sp³-hybridized carbons (Fsp3) is 1.00. The maximum atomic E-state index is 2.40. The Morgan fingerprint density at radius 2 is 2.00 bits per heavy atom. The van der Waals surface area contributed by atoms with Gasteiger partial charge in [-0.1, -0.05) is 27.2 Å². The van der Waals surface area contributed by atoms with Crippen LogP contribution >= 0.6 is 0 Å². The van der Waals surface area contributed by atoms with Crippen molar-refractivity contribution >= 4 is 0 Å². The van der Waals surface area contributed by atoms with Gasteiger partial charge in [0.25, 0.3) is 0 Å². The highest BCUT2D eigenvalue weighted by Crippen LogP contribution is 2.63. The first-order valence-corrected chi connectivity index (χ1v) is 5.25. The van der Waals surface area contributed by atoms with Crippen LogP contribution in [-0.4, -0.2) is 0 Å². The summed E-state index contributed by atoms with van der Waals surface area (Å²) < 4.78 is 0. The molecule has 0 amide bonds. The van der Waals surface area contributed by atoms with Crippen LogP contribution in [0.4, 0.5) is 0 Å². The van der Waals surface area contributed by atoms with E-state index >= 15 is 0 Å². The van der Waals surface area contributed by atoms with Gasteiger partial charge < -0.3 is 0 Å². The van der Waals surface area contributed by atoms with Crippen molar-refractivity contribution in [1.29, 1.82) is 0 Å². The molecule has 0 N–H and O–H groups in total. The van der Waals surface area contributed by atoms with Gasteiger partial charge in [0.2, 0.25) is 0 Å². The van der Waals surface area contributed by atoms with Crippen molar-refractivity contribution in [3.05, 3.63) is 0 Å². The van der Waals surface area contributed by atoms with Gasteiger partial charge in [0.05, 0.1) is 0 Å². The Hall–Kier alpha value is 0. The van der Waals surface area contributed by atoms with E-state index < -0.39 is 0 Å². The summed E-state index contributed by atoms with van der Waals surface area (Å²) in [6.45, 7) is 7.16. The molecule has 2 rings (SSSR count). The largest absolute Gasteiger partial charge is 0.0651 e. The van der Waals surface area contributed by atoms with Gasteiger partial charge in [0, 0.05) is 0 Å². The van der Waals surface area contributed by atoms with Crippen molar-refractivity contribution in [2.45, 2.75) is 40.0 Å². The molecule has 11 heavy (non-hydrogen) atoms. The first-order chi connectivity index (χ1) is 5.25. The summed E-state index contributed by atoms with van der Waals surface area (Å²) in [7, 11) is 0. The van der Waals surface area contributed by atoms with Gasteiger partial charge in [-0.25, -0.2) is 0 Å². The molecule has 0 radical (unpaired) electrons. The topological polar surface area (TPSA) is 0 Å². The monoisotopic (exact) mass is 152 g/mol. The fourth-order valence-electron chi connectivity index (χ4n) is 3.49. The van der Waals surface area contributed by atoms with Crippen molar-refractivity contribution in [2.24, 2.45) is 29.6 Å². The van der Waals surface area contributed by atoms with Crippen LogP contribution in [0.1, 0.15) is 40.0 Å². The van der Waals surface area contributed by atoms with Crippen LogP contribution in [0, 0.1) is 29.6 Å². The van der Waals surface area contributed by atoms with E-state index in [0.717, 1.165) is 29.6 Å². The van der Waals surface area contributed by atoms with Crippen molar-refractivity contribution in [3.8, 4) is 0 Å². The summed E-state index contributed by atoms with van der Waals surface area (Å²) in [6.07, 6.45) is 4.52. The van der Waals surface area contributed by atoms with Gasteiger partial charge in [-0.3, -0.25) is 0 Å². The highest BCUT2D eigenvalue weighted by molar-refractivity contribution is 5.05. The minimum Gasteiger partial charge on any atom is -0.0651 e. The van der Waals surface area contributed by atoms with Crippen LogP contribution in [0.2, 0.25) is 0 Å². The molecule has 0 aromatic carbocycles. The Bertz CT molecular complexity index is 148. The van der Waals surface area contributed by atoms with E-state index in [1.165, 1.54) is 12.8 Å². The van der Waals surface area contributed by atoms with E-state index in [0.29, 0.717) is 0 Å². The average Bonchev–Trinajstić information content (AvgIpc) is 2.55. The van der Waals surface area contributed by atoms with Gasteiger partial charge in [0.1, 0.15) is 0 Å². The van der Waals surface area contributed by atoms with Gasteiger partial charge >= 0.3 is 0 Å². The molecule has 2 fully saturated rings. The lowest BCUT2D eigenvalue weighted by atomic mass is 9.93. The summed E-state index contributed by atoms with van der Waals surface area (Å²) in [5.41, 5.74) is 0. The third-order valence-corrected chi connectivity index (χ3v) is 4.00. The lowest BCUT2D eigenvalue weighted by Crippen LogP contribution is -2.04. The molecule has 0 aliphatic heterocycles. The molecule has 4 atom stereocenters. The Labute approximate surface area is 70.4 Å². The van der Waals surface area contributed by atoms with E-state index in [4.69, 9.17) is 0 Å². The average molecular weight is 152 g/mol. The second-order valence-corrected chi connectivity index (χ2v) is 4.81. The van der Waals surface area contributed by atoms with Crippen molar-refractivity contribution in [3.63, 3.8) is 0 Å². The van der Waals surface area contributed by atoms with Gasteiger partial charge in [0.15, 0.2) is 0 Å². The lowest BCUT2D eigenvalue weighted by molar-refractivity contribution is 0.370. The molecule has 4 unspecified atom stereocenters. The van der Waals surface area contributed by atoms with Crippen LogP contribution < -0.4 is 0 Å². The molecule has 64 valence electrons. The Morgan fingerprint density at radius 1 is 1.27 bits per heavy atom. The molecule has 0 heteroatoms. The first-order valence-electron chi connectivity index (χ1n) is 5.25. The maximum Gasteiger partial charge on any atom is -0.0321 e. The predicted molar refractivity (Wildman–Crippen MR) is 48.3 cm³/mol. The minimum absolute atomic E-state index is 0.958. The standard InChI is InChI=1S/C11H20/c1-4-8-5-6-9-10(7(2)3)11(8)9/h7-11H,4-6H2,1-3H3. The summed E-state index contributed by atoms with van der Waals surface area (Å²) in [6, 6.07) is 0. The lowest BCUT2D eigenvalue weighted by Gasteiger charge is -2.13. The second kappa shape index (κ2) is 2.50. The van der Waals surface area contributed by atoms with Gasteiger partial charge in [-0.15, -0.1) is 0 Å². The smallest absolute Gasteiger partial charge is 0.0321 e. The van der Waals surface area contributed by atoms with Crippen molar-refractivity contribution in [1.82, 2.24) is 0 Å². The molecular formula is C11H20. The van der Waals surface area contributed by atoms with Crippen LogP contribution in [0.5, 0.6) is 0 Å². The van der Waals surface area contributed by atoms with E-state index in [9.17, 15) is 0 Å². The zero-order chi connectivity index (χ0) is 8.01. The molecule has 2 aliphatic carbocycles. The van der Waals surface area contributed by atoms with Gasteiger partial charge in [-0.05, 0) is 42.4 Å². The van der Waals surface area contributed by atoms with Crippen LogP contribution in [0.25, 0.3) is 0 Å². The summed E-state index contributed by atoms with van der Waals surface area (Å²) in [4.78, 5) is 0. The van der Waals surface area contributed by atoms with E-state index in [-0.39, 0.29) is 0 Å². The van der Waals surface area contributed by atoms with E-state index in [1.54, 1.807) is 6.42 Å². The molecule has 0 heterocycles. The number of fused-ring (bicyclic) bond motifs is 1. The Balaban J connectivity index is 1.95. The summed E-state index contributed by atoms with van der Waals surface area (Å²) >= 11 is 0. The third kappa shape index (κ3) is 1.02. The quantitative estimate of drug-likeness (QED) is 0.569. The zero-order valence-corrected chi connectivity index (χ0v) is 8.01. The molecule has 0 spiro atoms. The Kier molecular flexibility index (Phi) is 1.74. The number of rotatable bonds is 2. The third-order valence-electron chi connectivity index (χ3n) is 4.00. The van der Waals surface area contributed by atoms with Crippen molar-refractivity contribution < 1.29 is 0 Å². The highest BCUT2D eigenvalue weighted by atomic mass is 14.6. The number of hydrogen-bond donors (Lipinski definition) is 0. The molecule has 0 aromatic heterocycles. The van der Waals surface area contributed by atoms with Crippen LogP contribution in [-0.2, 0) is 0 Å². The first kappa shape index (κ1) is 7.64. The SMILES string of the molecule is CCC1CCC2C(C(C)C)C12. The van der Waals surface area contributed by atoms with Crippen LogP contribution in [0.3, 0.4) is 0 Å². The summed E-state index contributed by atoms with van der Waals surface area (Å²) in [5.74, 6) is 5.49. The summed E-state index contributed by atoms with van der Waals surface area (Å²) in [5, 5.41) is 0. The maximum absolute atomic E-state index is 2.40. The van der Waals surface area contributed by atoms with E-state index in [1.807, 2.05) is 0 Å². The minimum atomic E-state index is 0.958. The zero-order valence-electron chi connectivity index (χ0n) is 8.01. The molecule has 2 aliphatic rings. The second-order valence-electron chi connectivity index (χ2n) is 4.81. The molecule has 0 nitrogen and oxygen atoms in total. The molecular weight excluding hydrogens is 132 g/mol. The molecule has 0 bridgehead atoms. The molecule has 0 saturated heterocycles. The number of hydrogen-bond acceptors (Lipinski definition) is 0. The van der Waals surface area contributed by atoms with Crippen molar-refractivity contribution in [2.75, 3.05) is 0 Å². The fourth-order valence-corrected chi connectivity index (χ4v) is 3.49. The predicted octanol–water partition coefficient (Wildman–Crippen LogP) is 3.32. The normalized spacial score (nSPS) is 48.0.